The minimum absolute atomic E-state index is 0.111. The molecule has 0 atom stereocenters. The molecule has 5 N–H and O–H groups in total. The van der Waals surface area contributed by atoms with E-state index < -0.39 is 76.3 Å². The van der Waals surface area contributed by atoms with Gasteiger partial charge >= 0.3 is 22.5 Å². The monoisotopic (exact) mass is 691 g/mol. The number of benzene rings is 4. The average molecular weight is 692 g/mol. The number of carbonyl (C=O) groups is 2. The molecule has 0 unspecified atom stereocenters. The topological polar surface area (TPSA) is 322 Å². The van der Waals surface area contributed by atoms with Crippen molar-refractivity contribution in [3.63, 3.8) is 0 Å². The quantitative estimate of drug-likeness (QED) is 0.0690. The Hall–Kier alpha value is -6.39. The zero-order valence-corrected chi connectivity index (χ0v) is 24.7. The van der Waals surface area contributed by atoms with Gasteiger partial charge in [0.2, 0.25) is 0 Å². The van der Waals surface area contributed by atoms with E-state index in [0.717, 1.165) is 24.3 Å². The number of carboxylic acids is 2. The molecule has 22 heteroatoms. The molecule has 47 heavy (non-hydrogen) atoms. The Balaban J connectivity index is 0.00000142. The molecule has 244 valence electrons. The summed E-state index contributed by atoms with van der Waals surface area (Å²) in [6.45, 7) is 0. The van der Waals surface area contributed by atoms with Crippen LogP contribution in [0.15, 0.2) is 79.9 Å². The number of fused-ring (bicyclic) bond motifs is 1. The predicted octanol–water partition coefficient (Wildman–Crippen LogP) is 4.64. The Bertz CT molecular complexity index is 2230. The summed E-state index contributed by atoms with van der Waals surface area (Å²) >= 11 is 0. The first-order valence-electron chi connectivity index (χ1n) is 12.0. The van der Waals surface area contributed by atoms with E-state index in [-0.39, 0.29) is 33.8 Å². The van der Waals surface area contributed by atoms with Gasteiger partial charge < -0.3 is 25.2 Å². The lowest BCUT2D eigenvalue weighted by atomic mass is 10.1. The lowest BCUT2D eigenvalue weighted by molar-refractivity contribution is -0.385. The van der Waals surface area contributed by atoms with Crippen LogP contribution < -0.4 is 4.74 Å². The molecule has 0 amide bonds. The Morgan fingerprint density at radius 1 is 0.830 bits per heavy atom. The van der Waals surface area contributed by atoms with Crippen molar-refractivity contribution in [3.05, 3.63) is 75.8 Å². The highest BCUT2D eigenvalue weighted by Crippen LogP contribution is 2.48. The highest BCUT2D eigenvalue weighted by molar-refractivity contribution is 7.86. The number of aromatic hydroxyl groups is 2. The van der Waals surface area contributed by atoms with E-state index >= 15 is 0 Å². The maximum absolute atomic E-state index is 12.1. The van der Waals surface area contributed by atoms with E-state index in [4.69, 9.17) is 17.4 Å². The van der Waals surface area contributed by atoms with Gasteiger partial charge in [-0.3, -0.25) is 14.7 Å². The Labute approximate surface area is 262 Å². The van der Waals surface area contributed by atoms with Gasteiger partial charge in [0.05, 0.1) is 28.7 Å². The molecule has 0 heterocycles. The van der Waals surface area contributed by atoms with Crippen LogP contribution in [0.1, 0.15) is 20.7 Å². The van der Waals surface area contributed by atoms with Gasteiger partial charge in [-0.25, -0.2) is 9.59 Å². The minimum Gasteiger partial charge on any atom is -0.505 e. The van der Waals surface area contributed by atoms with Crippen LogP contribution in [-0.4, -0.2) is 70.0 Å². The van der Waals surface area contributed by atoms with Gasteiger partial charge in [-0.1, -0.05) is 6.07 Å². The number of carboxylic acid groups (broad SMARTS) is 2. The van der Waals surface area contributed by atoms with Gasteiger partial charge in [0.25, 0.3) is 15.8 Å². The molecule has 0 aliphatic carbocycles. The summed E-state index contributed by atoms with van der Waals surface area (Å²) in [5, 5.41) is 66.1. The summed E-state index contributed by atoms with van der Waals surface area (Å²) in [5.74, 6) is -4.51. The molecular weight excluding hydrogens is 674 g/mol. The first-order valence-corrected chi connectivity index (χ1v) is 14.4. The van der Waals surface area contributed by atoms with Crippen LogP contribution in [0.4, 0.5) is 28.4 Å². The normalized spacial score (nSPS) is 11.3. The smallest absolute Gasteiger partial charge is 0.425 e. The maximum Gasteiger partial charge on any atom is 0.425 e. The second-order valence-electron chi connectivity index (χ2n) is 8.63. The predicted molar refractivity (Wildman–Crippen MR) is 155 cm³/mol. The van der Waals surface area contributed by atoms with Crippen molar-refractivity contribution in [1.29, 1.82) is 0 Å². The number of aromatic carboxylic acids is 2. The number of hydrogen-bond acceptors (Lipinski definition) is 16. The Kier molecular flexibility index (Phi) is 10.6. The molecule has 0 bridgehead atoms. The van der Waals surface area contributed by atoms with Crippen LogP contribution in [0.2, 0.25) is 0 Å². The number of rotatable bonds is 9. The van der Waals surface area contributed by atoms with Gasteiger partial charge in [0.1, 0.15) is 33.3 Å². The second kappa shape index (κ2) is 14.1. The van der Waals surface area contributed by atoms with Gasteiger partial charge in [0.15, 0.2) is 11.5 Å². The lowest BCUT2D eigenvalue weighted by Gasteiger charge is -2.11. The third-order valence-electron chi connectivity index (χ3n) is 5.82. The molecule has 20 nitrogen and oxygen atoms in total. The first kappa shape index (κ1) is 35.1. The van der Waals surface area contributed by atoms with Gasteiger partial charge in [0, 0.05) is 6.07 Å². The number of nitro benzene ring substituents is 1. The zero-order valence-electron chi connectivity index (χ0n) is 23.1. The fraction of sp³-hybridized carbons (Fsp3) is 0.0400. The lowest BCUT2D eigenvalue weighted by Crippen LogP contribution is -2.02. The number of phenols is 2. The van der Waals surface area contributed by atoms with E-state index in [1.54, 1.807) is 0 Å². The summed E-state index contributed by atoms with van der Waals surface area (Å²) in [5.41, 5.74) is -3.37. The molecule has 0 aromatic heterocycles. The van der Waals surface area contributed by atoms with Crippen molar-refractivity contribution in [2.24, 2.45) is 20.5 Å². The van der Waals surface area contributed by atoms with E-state index in [2.05, 4.69) is 20.5 Å². The van der Waals surface area contributed by atoms with Gasteiger partial charge in [-0.15, -0.1) is 28.0 Å². The second-order valence-corrected chi connectivity index (χ2v) is 10.4. The van der Waals surface area contributed by atoms with Crippen molar-refractivity contribution >= 4 is 71.9 Å². The molecule has 4 aromatic carbocycles. The summed E-state index contributed by atoms with van der Waals surface area (Å²) in [4.78, 5) is 32.2. The van der Waals surface area contributed by atoms with Crippen LogP contribution in [-0.2, 0) is 20.7 Å². The van der Waals surface area contributed by atoms with Crippen molar-refractivity contribution in [2.75, 3.05) is 7.11 Å². The van der Waals surface area contributed by atoms with Crippen LogP contribution in [0, 0.1) is 10.1 Å². The van der Waals surface area contributed by atoms with E-state index in [0.29, 0.717) is 0 Å². The highest BCUT2D eigenvalue weighted by atomic mass is 32.2. The van der Waals surface area contributed by atoms with Crippen LogP contribution in [0.3, 0.4) is 0 Å². The number of hydrogen-bond donors (Lipinski definition) is 5. The number of nitro groups is 1. The summed E-state index contributed by atoms with van der Waals surface area (Å²) < 4.78 is 64.3. The van der Waals surface area contributed by atoms with Crippen LogP contribution in [0.5, 0.6) is 17.2 Å². The molecule has 4 rings (SSSR count). The number of azo groups is 2. The maximum atomic E-state index is 12.1. The Morgan fingerprint density at radius 2 is 1.43 bits per heavy atom. The van der Waals surface area contributed by atoms with Crippen molar-refractivity contribution in [1.82, 2.24) is 0 Å². The highest BCUT2D eigenvalue weighted by Gasteiger charge is 2.25. The fourth-order valence-corrected chi connectivity index (χ4v) is 4.47. The van der Waals surface area contributed by atoms with Crippen LogP contribution in [0.25, 0.3) is 10.8 Å². The van der Waals surface area contributed by atoms with Crippen molar-refractivity contribution in [2.45, 2.75) is 4.90 Å². The molecule has 0 spiro atoms. The molecule has 0 saturated heterocycles. The number of nitrogens with zero attached hydrogens (tertiary/aromatic N) is 5. The molecule has 0 fully saturated rings. The summed E-state index contributed by atoms with van der Waals surface area (Å²) in [7, 11) is -6.84. The molecule has 0 aliphatic rings. The molecular formula is C25H17N5O15S2. The average Bonchev–Trinajstić information content (AvgIpc) is 2.98. The Morgan fingerprint density at radius 3 is 1.98 bits per heavy atom. The van der Waals surface area contributed by atoms with Gasteiger partial charge in [-0.2, -0.15) is 13.5 Å². The minimum atomic E-state index is -5.07. The third kappa shape index (κ3) is 8.21. The number of phenolic OH excluding ortho intramolecular Hbond substituents is 2. The number of ether oxygens (including phenoxy) is 1. The molecule has 0 aliphatic heterocycles. The first-order chi connectivity index (χ1) is 22.0. The molecule has 0 radical (unpaired) electrons. The summed E-state index contributed by atoms with van der Waals surface area (Å²) in [6.07, 6.45) is 0. The fourth-order valence-electron chi connectivity index (χ4n) is 3.82. The van der Waals surface area contributed by atoms with Crippen molar-refractivity contribution < 1.29 is 65.3 Å². The zero-order chi connectivity index (χ0) is 35.2. The van der Waals surface area contributed by atoms with Crippen LogP contribution >= 0.6 is 0 Å². The number of methoxy groups -OCH3 is 1. The van der Waals surface area contributed by atoms with Crippen molar-refractivity contribution in [3.8, 4) is 17.2 Å². The standard InChI is InChI=1S/C25H17N5O12S.O3S/c1-42-13-4-6-16(14(10-13)24(33)34)27-28-17-5-2-11-8-19(43(39,40)41)21(23(32)20(11)22(17)31)29-26-12-3-7-18(30(37)38)15(9-12)25(35)36;1-4(2)3/h2-10,31-32H,1H3,(H,33,34)(H,35,36)(H,39,40,41);. The summed E-state index contributed by atoms with van der Waals surface area (Å²) in [6, 6.07) is 9.74. The van der Waals surface area contributed by atoms with E-state index in [9.17, 15) is 53.1 Å². The molecule has 0 saturated carbocycles. The third-order valence-corrected chi connectivity index (χ3v) is 6.69. The SMILES string of the molecule is COc1ccc(N=Nc2ccc3cc(S(=O)(=O)O)c(N=Nc4ccc([N+](=O)[O-])c(C(=O)O)c4)c(O)c3c2O)c(C(=O)O)c1.O=S(=O)=O. The largest absolute Gasteiger partial charge is 0.505 e. The van der Waals surface area contributed by atoms with Gasteiger partial charge in [-0.05, 0) is 47.9 Å². The van der Waals surface area contributed by atoms with E-state index in [1.165, 1.54) is 37.4 Å². The molecule has 4 aromatic rings. The van der Waals surface area contributed by atoms with E-state index in [1.807, 2.05) is 0 Å².